The molecule has 0 saturated carbocycles. The van der Waals surface area contributed by atoms with Gasteiger partial charge in [-0.2, -0.15) is 0 Å². The first-order chi connectivity index (χ1) is 11.6. The molecule has 0 aromatic heterocycles. The van der Waals surface area contributed by atoms with Crippen LogP contribution >= 0.6 is 0 Å². The molecule has 2 rings (SSSR count). The van der Waals surface area contributed by atoms with Crippen molar-refractivity contribution in [3.05, 3.63) is 35.9 Å². The number of piperidine rings is 1. The maximum Gasteiger partial charge on any atom is 0.224 e. The molecule has 0 spiro atoms. The number of rotatable bonds is 8. The summed E-state index contributed by atoms with van der Waals surface area (Å²) in [6.07, 6.45) is 4.07. The molecule has 24 heavy (non-hydrogen) atoms. The van der Waals surface area contributed by atoms with Crippen molar-refractivity contribution >= 4 is 5.91 Å². The number of hydrogen-bond acceptors (Lipinski definition) is 3. The van der Waals surface area contributed by atoms with E-state index in [-0.39, 0.29) is 23.4 Å². The number of carbonyl (C=O) groups is 1. The Morgan fingerprint density at radius 3 is 2.58 bits per heavy atom. The highest BCUT2D eigenvalue weighted by atomic mass is 16.1. The molecule has 0 radical (unpaired) electrons. The second-order valence-corrected chi connectivity index (χ2v) is 7.03. The molecular weight excluding hydrogens is 298 g/mol. The van der Waals surface area contributed by atoms with Crippen molar-refractivity contribution in [1.29, 1.82) is 0 Å². The second kappa shape index (κ2) is 9.19. The van der Waals surface area contributed by atoms with E-state index in [0.29, 0.717) is 6.54 Å². The van der Waals surface area contributed by atoms with Crippen LogP contribution in [0.5, 0.6) is 0 Å². The van der Waals surface area contributed by atoms with Gasteiger partial charge in [0.25, 0.3) is 0 Å². The third-order valence-corrected chi connectivity index (χ3v) is 5.44. The van der Waals surface area contributed by atoms with Gasteiger partial charge >= 0.3 is 0 Å². The molecule has 1 aliphatic rings. The van der Waals surface area contributed by atoms with Crippen molar-refractivity contribution in [2.24, 2.45) is 5.92 Å². The Kier molecular flexibility index (Phi) is 7.25. The van der Waals surface area contributed by atoms with Gasteiger partial charge in [-0.15, -0.1) is 0 Å². The number of hydrogen-bond donors (Lipinski definition) is 3. The first kappa shape index (κ1) is 18.9. The van der Waals surface area contributed by atoms with Gasteiger partial charge in [0.15, 0.2) is 0 Å². The number of carbonyl (C=O) groups excluding carboxylic acids is 1. The monoisotopic (exact) mass is 331 g/mol. The molecule has 1 aromatic rings. The van der Waals surface area contributed by atoms with Gasteiger partial charge in [-0.05, 0) is 44.7 Å². The lowest BCUT2D eigenvalue weighted by atomic mass is 9.90. The third-order valence-electron chi connectivity index (χ3n) is 5.44. The topological polar surface area (TPSA) is 53.2 Å². The lowest BCUT2D eigenvalue weighted by molar-refractivity contribution is -0.125. The largest absolute Gasteiger partial charge is 0.354 e. The zero-order chi connectivity index (χ0) is 17.4. The first-order valence-corrected chi connectivity index (χ1v) is 9.41. The molecule has 2 atom stereocenters. The van der Waals surface area contributed by atoms with Crippen LogP contribution < -0.4 is 16.0 Å². The summed E-state index contributed by atoms with van der Waals surface area (Å²) in [5, 5.41) is 10.3. The van der Waals surface area contributed by atoms with Gasteiger partial charge in [-0.3, -0.25) is 4.79 Å². The smallest absolute Gasteiger partial charge is 0.224 e. The van der Waals surface area contributed by atoms with Gasteiger partial charge in [0, 0.05) is 24.7 Å². The average molecular weight is 332 g/mol. The van der Waals surface area contributed by atoms with E-state index in [1.54, 1.807) is 0 Å². The molecule has 1 aromatic carbocycles. The van der Waals surface area contributed by atoms with Crippen LogP contribution in [0.15, 0.2) is 30.3 Å². The Morgan fingerprint density at radius 1 is 1.29 bits per heavy atom. The molecule has 1 saturated heterocycles. The standard InChI is InChI=1S/C20H33N3O/c1-4-20(5-2,23-16(3)17-10-7-6-8-11-17)15-22-19(24)18-12-9-13-21-14-18/h6-8,10-11,16,18,21,23H,4-5,9,12-15H2,1-3H3,(H,22,24). The number of benzene rings is 1. The van der Waals surface area contributed by atoms with Gasteiger partial charge in [0.1, 0.15) is 0 Å². The van der Waals surface area contributed by atoms with Crippen molar-refractivity contribution in [3.63, 3.8) is 0 Å². The zero-order valence-corrected chi connectivity index (χ0v) is 15.4. The maximum absolute atomic E-state index is 12.5. The molecule has 4 heteroatoms. The van der Waals surface area contributed by atoms with Gasteiger partial charge in [0.2, 0.25) is 5.91 Å². The summed E-state index contributed by atoms with van der Waals surface area (Å²) >= 11 is 0. The van der Waals surface area contributed by atoms with Gasteiger partial charge in [0.05, 0.1) is 5.92 Å². The van der Waals surface area contributed by atoms with E-state index in [2.05, 4.69) is 61.0 Å². The molecule has 1 fully saturated rings. The maximum atomic E-state index is 12.5. The van der Waals surface area contributed by atoms with Crippen LogP contribution in [0.2, 0.25) is 0 Å². The van der Waals surface area contributed by atoms with Crippen LogP contribution in [0.1, 0.15) is 58.1 Å². The van der Waals surface area contributed by atoms with E-state index in [1.807, 2.05) is 6.07 Å². The summed E-state index contributed by atoms with van der Waals surface area (Å²) in [6.45, 7) is 9.12. The highest BCUT2D eigenvalue weighted by Crippen LogP contribution is 2.22. The summed E-state index contributed by atoms with van der Waals surface area (Å²) in [4.78, 5) is 12.5. The summed E-state index contributed by atoms with van der Waals surface area (Å²) in [7, 11) is 0. The molecule has 1 aliphatic heterocycles. The predicted octanol–water partition coefficient (Wildman–Crippen LogP) is 3.01. The fourth-order valence-electron chi connectivity index (χ4n) is 3.52. The molecular formula is C20H33N3O. The zero-order valence-electron chi connectivity index (χ0n) is 15.4. The number of nitrogens with one attached hydrogen (secondary N) is 3. The molecule has 0 bridgehead atoms. The fraction of sp³-hybridized carbons (Fsp3) is 0.650. The lowest BCUT2D eigenvalue weighted by Gasteiger charge is -2.37. The Labute approximate surface area is 146 Å². The predicted molar refractivity (Wildman–Crippen MR) is 99.9 cm³/mol. The van der Waals surface area contributed by atoms with E-state index in [0.717, 1.165) is 38.8 Å². The normalized spacial score (nSPS) is 19.7. The van der Waals surface area contributed by atoms with Crippen LogP contribution in [0, 0.1) is 5.92 Å². The highest BCUT2D eigenvalue weighted by molar-refractivity contribution is 5.79. The van der Waals surface area contributed by atoms with E-state index in [9.17, 15) is 4.79 Å². The average Bonchev–Trinajstić information content (AvgIpc) is 2.66. The summed E-state index contributed by atoms with van der Waals surface area (Å²) in [5.74, 6) is 0.319. The van der Waals surface area contributed by atoms with Crippen molar-refractivity contribution in [1.82, 2.24) is 16.0 Å². The molecule has 1 amide bonds. The van der Waals surface area contributed by atoms with Crippen molar-refractivity contribution < 1.29 is 4.79 Å². The van der Waals surface area contributed by atoms with Gasteiger partial charge < -0.3 is 16.0 Å². The minimum Gasteiger partial charge on any atom is -0.354 e. The van der Waals surface area contributed by atoms with Crippen LogP contribution in [0.25, 0.3) is 0 Å². The van der Waals surface area contributed by atoms with E-state index >= 15 is 0 Å². The Balaban J connectivity index is 1.94. The van der Waals surface area contributed by atoms with Crippen LogP contribution in [0.3, 0.4) is 0 Å². The lowest BCUT2D eigenvalue weighted by Crippen LogP contribution is -2.54. The fourth-order valence-corrected chi connectivity index (χ4v) is 3.52. The second-order valence-electron chi connectivity index (χ2n) is 7.03. The van der Waals surface area contributed by atoms with Crippen LogP contribution in [-0.2, 0) is 4.79 Å². The minimum absolute atomic E-state index is 0.0625. The summed E-state index contributed by atoms with van der Waals surface area (Å²) < 4.78 is 0. The molecule has 3 N–H and O–H groups in total. The summed E-state index contributed by atoms with van der Waals surface area (Å²) in [5.41, 5.74) is 1.22. The molecule has 1 heterocycles. The van der Waals surface area contributed by atoms with Crippen LogP contribution in [-0.4, -0.2) is 31.1 Å². The Morgan fingerprint density at radius 2 is 2.00 bits per heavy atom. The SMILES string of the molecule is CCC(CC)(CNC(=O)C1CCCNC1)NC(C)c1ccccc1. The van der Waals surface area contributed by atoms with Crippen molar-refractivity contribution in [3.8, 4) is 0 Å². The first-order valence-electron chi connectivity index (χ1n) is 9.41. The summed E-state index contributed by atoms with van der Waals surface area (Å²) in [6, 6.07) is 10.8. The Bertz CT molecular complexity index is 493. The number of amides is 1. The molecule has 0 aliphatic carbocycles. The molecule has 2 unspecified atom stereocenters. The van der Waals surface area contributed by atoms with Gasteiger partial charge in [-0.1, -0.05) is 44.2 Å². The van der Waals surface area contributed by atoms with Crippen molar-refractivity contribution in [2.45, 2.75) is 58.0 Å². The molecule has 134 valence electrons. The van der Waals surface area contributed by atoms with Crippen molar-refractivity contribution in [2.75, 3.05) is 19.6 Å². The Hall–Kier alpha value is -1.39. The minimum atomic E-state index is -0.0625. The van der Waals surface area contributed by atoms with E-state index in [1.165, 1.54) is 5.56 Å². The molecule has 4 nitrogen and oxygen atoms in total. The van der Waals surface area contributed by atoms with E-state index < -0.39 is 0 Å². The van der Waals surface area contributed by atoms with Crippen LogP contribution in [0.4, 0.5) is 0 Å². The van der Waals surface area contributed by atoms with Gasteiger partial charge in [-0.25, -0.2) is 0 Å². The third kappa shape index (κ3) is 5.05. The van der Waals surface area contributed by atoms with E-state index in [4.69, 9.17) is 0 Å². The quantitative estimate of drug-likeness (QED) is 0.686. The highest BCUT2D eigenvalue weighted by Gasteiger charge is 2.30.